The van der Waals surface area contributed by atoms with Gasteiger partial charge in [-0.1, -0.05) is 41.2 Å². The van der Waals surface area contributed by atoms with Gasteiger partial charge in [0, 0.05) is 13.0 Å². The number of aryl methyl sites for hydroxylation is 2. The highest BCUT2D eigenvalue weighted by molar-refractivity contribution is 7.85. The summed E-state index contributed by atoms with van der Waals surface area (Å²) < 4.78 is 33.0. The van der Waals surface area contributed by atoms with Gasteiger partial charge < -0.3 is 5.11 Å². The molecule has 0 aliphatic heterocycles. The Morgan fingerprint density at radius 3 is 2.25 bits per heavy atom. The third kappa shape index (κ3) is 4.61. The molecule has 3 rings (SSSR count). The van der Waals surface area contributed by atoms with Crippen molar-refractivity contribution < 1.29 is 22.6 Å². The van der Waals surface area contributed by atoms with Crippen LogP contribution in [-0.4, -0.2) is 24.7 Å². The van der Waals surface area contributed by atoms with Gasteiger partial charge in [0.2, 0.25) is 10.5 Å². The van der Waals surface area contributed by atoms with Crippen LogP contribution in [0.2, 0.25) is 0 Å². The Morgan fingerprint density at radius 1 is 1.04 bits per heavy atom. The second kappa shape index (κ2) is 7.85. The minimum absolute atomic E-state index is 0.0666. The third-order valence-corrected chi connectivity index (χ3v) is 5.39. The zero-order valence-electron chi connectivity index (χ0n) is 13.5. The lowest BCUT2D eigenvalue weighted by Crippen LogP contribution is -2.36. The summed E-state index contributed by atoms with van der Waals surface area (Å²) >= 11 is 1.77. The summed E-state index contributed by atoms with van der Waals surface area (Å²) in [6.07, 6.45) is 0. The van der Waals surface area contributed by atoms with E-state index in [9.17, 15) is 8.42 Å². The maximum atomic E-state index is 10.5. The van der Waals surface area contributed by atoms with E-state index in [-0.39, 0.29) is 11.5 Å². The molecule has 7 heteroatoms. The number of rotatable bonds is 3. The molecule has 0 bridgehead atoms. The molecule has 5 nitrogen and oxygen atoms in total. The Kier molecular flexibility index (Phi) is 6.06. The fraction of sp³-hybridized carbons (Fsp3) is 0.235. The van der Waals surface area contributed by atoms with Gasteiger partial charge in [-0.2, -0.15) is 13.0 Å². The van der Waals surface area contributed by atoms with Crippen LogP contribution in [0.25, 0.3) is 10.2 Å². The summed E-state index contributed by atoms with van der Waals surface area (Å²) in [5.74, 6) is 0. The van der Waals surface area contributed by atoms with Crippen molar-refractivity contribution in [2.45, 2.75) is 25.3 Å². The SMILES string of the molecule is Cc1ccc(S(=O)(=O)O)cc1.Cc1sc2ccccc2[n+]1CCO. The second-order valence-corrected chi connectivity index (χ2v) is 7.91. The highest BCUT2D eigenvalue weighted by Gasteiger charge is 2.14. The molecular formula is C17H20NO4S2+. The van der Waals surface area contributed by atoms with E-state index in [0.29, 0.717) is 6.54 Å². The van der Waals surface area contributed by atoms with Crippen LogP contribution in [0.3, 0.4) is 0 Å². The van der Waals surface area contributed by atoms with Gasteiger partial charge in [0.1, 0.15) is 11.3 Å². The minimum Gasteiger partial charge on any atom is -0.390 e. The van der Waals surface area contributed by atoms with E-state index in [1.54, 1.807) is 23.5 Å². The van der Waals surface area contributed by atoms with Crippen LogP contribution in [0.1, 0.15) is 10.6 Å². The first-order valence-corrected chi connectivity index (χ1v) is 9.61. The molecule has 0 spiro atoms. The molecule has 3 aromatic rings. The first-order valence-electron chi connectivity index (χ1n) is 7.36. The highest BCUT2D eigenvalue weighted by Crippen LogP contribution is 2.18. The summed E-state index contributed by atoms with van der Waals surface area (Å²) in [5, 5.41) is 10.2. The number of fused-ring (bicyclic) bond motifs is 1. The average molecular weight is 366 g/mol. The average Bonchev–Trinajstić information content (AvgIpc) is 2.84. The van der Waals surface area contributed by atoms with Gasteiger partial charge in [0.05, 0.1) is 4.90 Å². The number of aliphatic hydroxyl groups is 1. The number of benzene rings is 2. The van der Waals surface area contributed by atoms with E-state index in [1.807, 2.05) is 19.1 Å². The predicted molar refractivity (Wildman–Crippen MR) is 94.8 cm³/mol. The van der Waals surface area contributed by atoms with Crippen LogP contribution in [-0.2, 0) is 16.7 Å². The van der Waals surface area contributed by atoms with E-state index in [0.717, 1.165) is 5.56 Å². The van der Waals surface area contributed by atoms with Crippen molar-refractivity contribution in [1.29, 1.82) is 0 Å². The number of aromatic nitrogens is 1. The molecule has 0 saturated carbocycles. The molecule has 0 aliphatic rings. The molecule has 2 aromatic carbocycles. The van der Waals surface area contributed by atoms with Crippen molar-refractivity contribution in [3.8, 4) is 0 Å². The van der Waals surface area contributed by atoms with Crippen LogP contribution >= 0.6 is 11.3 Å². The fourth-order valence-corrected chi connectivity index (χ4v) is 3.77. The first-order chi connectivity index (χ1) is 11.3. The lowest BCUT2D eigenvalue weighted by atomic mass is 10.2. The molecule has 0 amide bonds. The van der Waals surface area contributed by atoms with E-state index < -0.39 is 10.1 Å². The molecule has 0 saturated heterocycles. The van der Waals surface area contributed by atoms with Gasteiger partial charge in [0.15, 0.2) is 6.54 Å². The monoisotopic (exact) mass is 366 g/mol. The Labute approximate surface area is 145 Å². The van der Waals surface area contributed by atoms with E-state index in [4.69, 9.17) is 9.66 Å². The highest BCUT2D eigenvalue weighted by atomic mass is 32.2. The summed E-state index contributed by atoms with van der Waals surface area (Å²) in [6, 6.07) is 14.3. The van der Waals surface area contributed by atoms with Crippen LogP contribution in [0.15, 0.2) is 53.4 Å². The van der Waals surface area contributed by atoms with Crippen LogP contribution in [0, 0.1) is 13.8 Å². The normalized spacial score (nSPS) is 11.2. The Balaban J connectivity index is 0.000000177. The Bertz CT molecular complexity index is 915. The molecule has 0 radical (unpaired) electrons. The summed E-state index contributed by atoms with van der Waals surface area (Å²) in [7, 11) is -4.02. The predicted octanol–water partition coefficient (Wildman–Crippen LogP) is 2.73. The smallest absolute Gasteiger partial charge is 0.294 e. The van der Waals surface area contributed by atoms with Crippen molar-refractivity contribution in [2.24, 2.45) is 0 Å². The molecule has 2 N–H and O–H groups in total. The van der Waals surface area contributed by atoms with Crippen molar-refractivity contribution >= 4 is 31.7 Å². The standard InChI is InChI=1S/C10H12NOS.C7H8O3S/c1-8-11(6-7-12)9-4-2-3-5-10(9)13-8;1-6-2-4-7(5-3-6)11(8,9)10/h2-5,12H,6-7H2,1H3;2-5H,1H3,(H,8,9,10)/q+1;. The van der Waals surface area contributed by atoms with Crippen LogP contribution < -0.4 is 4.57 Å². The van der Waals surface area contributed by atoms with Crippen LogP contribution in [0.5, 0.6) is 0 Å². The van der Waals surface area contributed by atoms with E-state index in [2.05, 4.69) is 23.6 Å². The van der Waals surface area contributed by atoms with Gasteiger partial charge in [0.25, 0.3) is 10.1 Å². The van der Waals surface area contributed by atoms with Crippen molar-refractivity contribution in [1.82, 2.24) is 0 Å². The molecule has 0 unspecified atom stereocenters. The third-order valence-electron chi connectivity index (χ3n) is 3.44. The number of aliphatic hydroxyl groups excluding tert-OH is 1. The Morgan fingerprint density at radius 2 is 1.67 bits per heavy atom. The number of hydrogen-bond donors (Lipinski definition) is 2. The number of para-hydroxylation sites is 1. The quantitative estimate of drug-likeness (QED) is 0.552. The van der Waals surface area contributed by atoms with Gasteiger partial charge in [-0.3, -0.25) is 4.55 Å². The van der Waals surface area contributed by atoms with Crippen molar-refractivity contribution in [2.75, 3.05) is 6.61 Å². The maximum Gasteiger partial charge on any atom is 0.294 e. The summed E-state index contributed by atoms with van der Waals surface area (Å²) in [6.45, 7) is 4.82. The summed E-state index contributed by atoms with van der Waals surface area (Å²) in [5.41, 5.74) is 2.18. The first kappa shape index (κ1) is 18.5. The van der Waals surface area contributed by atoms with Crippen molar-refractivity contribution in [3.05, 3.63) is 59.1 Å². The van der Waals surface area contributed by atoms with Crippen LogP contribution in [0.4, 0.5) is 0 Å². The van der Waals surface area contributed by atoms with Gasteiger partial charge in [-0.05, 0) is 25.1 Å². The molecule has 1 aromatic heterocycles. The molecule has 1 heterocycles. The lowest BCUT2D eigenvalue weighted by Gasteiger charge is -1.95. The molecular weight excluding hydrogens is 346 g/mol. The maximum absolute atomic E-state index is 10.5. The number of thiazole rings is 1. The largest absolute Gasteiger partial charge is 0.390 e. The van der Waals surface area contributed by atoms with Gasteiger partial charge in [-0.15, -0.1) is 0 Å². The minimum atomic E-state index is -4.02. The molecule has 0 fully saturated rings. The fourth-order valence-electron chi connectivity index (χ4n) is 2.24. The molecule has 0 atom stereocenters. The molecule has 0 aliphatic carbocycles. The number of hydrogen-bond acceptors (Lipinski definition) is 4. The second-order valence-electron chi connectivity index (χ2n) is 5.25. The van der Waals surface area contributed by atoms with Crippen molar-refractivity contribution in [3.63, 3.8) is 0 Å². The zero-order chi connectivity index (χ0) is 17.7. The molecule has 24 heavy (non-hydrogen) atoms. The topological polar surface area (TPSA) is 78.5 Å². The van der Waals surface area contributed by atoms with Gasteiger partial charge in [-0.25, -0.2) is 0 Å². The van der Waals surface area contributed by atoms with Gasteiger partial charge >= 0.3 is 0 Å². The molecule has 128 valence electrons. The summed E-state index contributed by atoms with van der Waals surface area (Å²) in [4.78, 5) is -0.0666. The van der Waals surface area contributed by atoms with E-state index in [1.165, 1.54) is 27.4 Å². The number of nitrogens with zero attached hydrogens (tertiary/aromatic N) is 1. The zero-order valence-corrected chi connectivity index (χ0v) is 15.1. The van der Waals surface area contributed by atoms with E-state index >= 15 is 0 Å². The lowest BCUT2D eigenvalue weighted by molar-refractivity contribution is -0.674. The Hall–Kier alpha value is -1.80.